The van der Waals surface area contributed by atoms with Crippen LogP contribution in [0, 0.1) is 5.92 Å². The molecule has 9 heteroatoms. The van der Waals surface area contributed by atoms with E-state index in [2.05, 4.69) is 32.6 Å². The van der Waals surface area contributed by atoms with Crippen LogP contribution in [0.2, 0.25) is 0 Å². The molecule has 0 N–H and O–H groups in total. The summed E-state index contributed by atoms with van der Waals surface area (Å²) < 4.78 is 10.6. The van der Waals surface area contributed by atoms with Crippen LogP contribution in [-0.2, 0) is 23.9 Å². The quantitative estimate of drug-likeness (QED) is 0.304. The van der Waals surface area contributed by atoms with E-state index in [1.807, 2.05) is 34.3 Å². The Morgan fingerprint density at radius 3 is 2.46 bits per heavy atom. The Labute approximate surface area is 234 Å². The third-order valence-electron chi connectivity index (χ3n) is 7.27. The molecule has 4 rings (SSSR count). The van der Waals surface area contributed by atoms with E-state index < -0.39 is 12.0 Å². The van der Waals surface area contributed by atoms with E-state index in [1.54, 1.807) is 13.0 Å². The van der Waals surface area contributed by atoms with Crippen LogP contribution in [0.15, 0.2) is 64.3 Å². The number of esters is 2. The van der Waals surface area contributed by atoms with Gasteiger partial charge in [0.05, 0.1) is 36.3 Å². The van der Waals surface area contributed by atoms with E-state index in [-0.39, 0.29) is 30.8 Å². The fourth-order valence-electron chi connectivity index (χ4n) is 5.11. The Balaban J connectivity index is 1.57. The molecule has 8 nitrogen and oxygen atoms in total. The van der Waals surface area contributed by atoms with Gasteiger partial charge in [0.1, 0.15) is 6.61 Å². The number of ether oxygens (including phenoxy) is 2. The number of nitrogens with zero attached hydrogens (tertiary/aromatic N) is 3. The molecule has 0 aliphatic carbocycles. The summed E-state index contributed by atoms with van der Waals surface area (Å²) in [5.74, 6) is -0.428. The van der Waals surface area contributed by atoms with Crippen molar-refractivity contribution >= 4 is 34.8 Å². The smallest absolute Gasteiger partial charge is 0.338 e. The SMILES string of the molecule is C=CCOC(=O)C1=C(C)N=C2SC=C(CC(=O)N3CCC(C(=O)OCC)CC3)N2[C@@H]1c1ccc(C(C)C)cc1. The second-order valence-electron chi connectivity index (χ2n) is 10.2. The first-order valence-electron chi connectivity index (χ1n) is 13.5. The predicted octanol–water partition coefficient (Wildman–Crippen LogP) is 5.31. The minimum Gasteiger partial charge on any atom is -0.466 e. The summed E-state index contributed by atoms with van der Waals surface area (Å²) in [7, 11) is 0. The maximum atomic E-state index is 13.4. The predicted molar refractivity (Wildman–Crippen MR) is 153 cm³/mol. The lowest BCUT2D eigenvalue weighted by Crippen LogP contribution is -2.42. The third-order valence-corrected chi connectivity index (χ3v) is 8.16. The molecule has 0 saturated carbocycles. The Bertz CT molecular complexity index is 1210. The number of piperidine rings is 1. The van der Waals surface area contributed by atoms with Crippen molar-refractivity contribution in [3.05, 3.63) is 70.4 Å². The van der Waals surface area contributed by atoms with Crippen LogP contribution in [0.1, 0.15) is 70.0 Å². The number of carbonyl (C=O) groups excluding carboxylic acids is 3. The first kappa shape index (κ1) is 28.7. The molecule has 1 amide bonds. The Morgan fingerprint density at radius 1 is 1.15 bits per heavy atom. The minimum atomic E-state index is -0.473. The highest BCUT2D eigenvalue weighted by Crippen LogP contribution is 2.45. The molecular formula is C30H37N3O5S. The van der Waals surface area contributed by atoms with Gasteiger partial charge in [-0.2, -0.15) is 0 Å². The van der Waals surface area contributed by atoms with Gasteiger partial charge < -0.3 is 19.3 Å². The van der Waals surface area contributed by atoms with E-state index in [0.29, 0.717) is 49.7 Å². The van der Waals surface area contributed by atoms with Gasteiger partial charge in [0.2, 0.25) is 5.91 Å². The monoisotopic (exact) mass is 551 g/mol. The van der Waals surface area contributed by atoms with Gasteiger partial charge in [0.25, 0.3) is 0 Å². The summed E-state index contributed by atoms with van der Waals surface area (Å²) in [4.78, 5) is 47.3. The Hall–Kier alpha value is -3.33. The van der Waals surface area contributed by atoms with Gasteiger partial charge in [-0.1, -0.05) is 62.5 Å². The summed E-state index contributed by atoms with van der Waals surface area (Å²) in [5.41, 5.74) is 3.97. The minimum absolute atomic E-state index is 0.0126. The maximum Gasteiger partial charge on any atom is 0.338 e. The van der Waals surface area contributed by atoms with Gasteiger partial charge in [-0.15, -0.1) is 0 Å². The van der Waals surface area contributed by atoms with Crippen LogP contribution in [0.4, 0.5) is 0 Å². The van der Waals surface area contributed by atoms with Gasteiger partial charge in [-0.05, 0) is 49.1 Å². The standard InChI is InChI=1S/C30H37N3O5S/c1-6-16-38-29(36)26-20(5)31-30-33(27(26)22-10-8-21(9-11-22)19(3)4)24(18-39-30)17-25(34)32-14-12-23(13-15-32)28(35)37-7-2/h6,8-11,18-19,23,27H,1,7,12-17H2,2-5H3/t27-/m1/s1. The molecule has 39 heavy (non-hydrogen) atoms. The summed E-state index contributed by atoms with van der Waals surface area (Å²) in [6, 6.07) is 7.77. The summed E-state index contributed by atoms with van der Waals surface area (Å²) in [6.45, 7) is 13.1. The zero-order chi connectivity index (χ0) is 28.1. The van der Waals surface area contributed by atoms with Crippen molar-refractivity contribution < 1.29 is 23.9 Å². The molecule has 1 saturated heterocycles. The lowest BCUT2D eigenvalue weighted by atomic mass is 9.91. The first-order chi connectivity index (χ1) is 18.7. The zero-order valence-corrected chi connectivity index (χ0v) is 24.0. The van der Waals surface area contributed by atoms with Gasteiger partial charge >= 0.3 is 11.9 Å². The van der Waals surface area contributed by atoms with Crippen molar-refractivity contribution in [1.29, 1.82) is 0 Å². The van der Waals surface area contributed by atoms with E-state index in [9.17, 15) is 14.4 Å². The molecule has 3 aliphatic heterocycles. The molecule has 1 aromatic carbocycles. The van der Waals surface area contributed by atoms with Gasteiger partial charge in [0.15, 0.2) is 5.17 Å². The molecule has 0 radical (unpaired) electrons. The molecule has 0 unspecified atom stereocenters. The summed E-state index contributed by atoms with van der Waals surface area (Å²) >= 11 is 1.45. The lowest BCUT2D eigenvalue weighted by molar-refractivity contribution is -0.151. The Kier molecular flexibility index (Phi) is 9.32. The zero-order valence-electron chi connectivity index (χ0n) is 23.1. The Morgan fingerprint density at radius 2 is 1.85 bits per heavy atom. The molecule has 1 fully saturated rings. The number of likely N-dealkylation sites (tertiary alicyclic amines) is 1. The number of rotatable bonds is 9. The number of benzene rings is 1. The average Bonchev–Trinajstić information content (AvgIpc) is 3.32. The normalized spacial score (nSPS) is 19.5. The second kappa shape index (κ2) is 12.7. The van der Waals surface area contributed by atoms with Crippen LogP contribution >= 0.6 is 11.8 Å². The average molecular weight is 552 g/mol. The fraction of sp³-hybridized carbons (Fsp3) is 0.467. The number of hydrogen-bond donors (Lipinski definition) is 0. The topological polar surface area (TPSA) is 88.5 Å². The molecule has 1 aromatic rings. The van der Waals surface area contributed by atoms with Crippen molar-refractivity contribution in [1.82, 2.24) is 9.80 Å². The molecule has 3 heterocycles. The number of allylic oxidation sites excluding steroid dienone is 1. The number of amides is 1. The maximum absolute atomic E-state index is 13.4. The summed E-state index contributed by atoms with van der Waals surface area (Å²) in [6.07, 6.45) is 2.91. The molecule has 1 atom stereocenters. The van der Waals surface area contributed by atoms with Crippen LogP contribution in [0.25, 0.3) is 0 Å². The van der Waals surface area contributed by atoms with Gasteiger partial charge in [-0.25, -0.2) is 9.79 Å². The van der Waals surface area contributed by atoms with Crippen molar-refractivity contribution in [2.75, 3.05) is 26.3 Å². The van der Waals surface area contributed by atoms with E-state index >= 15 is 0 Å². The highest BCUT2D eigenvalue weighted by Gasteiger charge is 2.41. The molecule has 3 aliphatic rings. The lowest BCUT2D eigenvalue weighted by Gasteiger charge is -2.37. The number of fused-ring (bicyclic) bond motifs is 1. The summed E-state index contributed by atoms with van der Waals surface area (Å²) in [5, 5.41) is 2.68. The molecule has 0 bridgehead atoms. The number of carbonyl (C=O) groups is 3. The van der Waals surface area contributed by atoms with E-state index in [4.69, 9.17) is 14.5 Å². The molecule has 0 aromatic heterocycles. The fourth-order valence-corrected chi connectivity index (χ4v) is 6.08. The number of thioether (sulfide) groups is 1. The highest BCUT2D eigenvalue weighted by molar-refractivity contribution is 8.16. The third kappa shape index (κ3) is 6.30. The van der Waals surface area contributed by atoms with Crippen LogP contribution in [0.5, 0.6) is 0 Å². The molecule has 0 spiro atoms. The van der Waals surface area contributed by atoms with Crippen LogP contribution < -0.4 is 0 Å². The highest BCUT2D eigenvalue weighted by atomic mass is 32.2. The first-order valence-corrected chi connectivity index (χ1v) is 14.4. The van der Waals surface area contributed by atoms with Crippen molar-refractivity contribution in [3.8, 4) is 0 Å². The number of aliphatic imine (C=N–C) groups is 1. The number of amidine groups is 1. The van der Waals surface area contributed by atoms with E-state index in [1.165, 1.54) is 17.3 Å². The molecular weight excluding hydrogens is 514 g/mol. The van der Waals surface area contributed by atoms with E-state index in [0.717, 1.165) is 16.4 Å². The van der Waals surface area contributed by atoms with Crippen molar-refractivity contribution in [2.24, 2.45) is 10.9 Å². The molecule has 208 valence electrons. The van der Waals surface area contributed by atoms with Crippen molar-refractivity contribution in [2.45, 2.75) is 58.9 Å². The number of hydrogen-bond acceptors (Lipinski definition) is 8. The van der Waals surface area contributed by atoms with Crippen LogP contribution in [0.3, 0.4) is 0 Å². The van der Waals surface area contributed by atoms with Crippen molar-refractivity contribution in [3.63, 3.8) is 0 Å². The van der Waals surface area contributed by atoms with Crippen LogP contribution in [-0.4, -0.2) is 59.1 Å². The van der Waals surface area contributed by atoms with Gasteiger partial charge in [-0.3, -0.25) is 9.59 Å². The second-order valence-corrected chi connectivity index (χ2v) is 11.0. The van der Waals surface area contributed by atoms with Gasteiger partial charge in [0, 0.05) is 18.8 Å². The largest absolute Gasteiger partial charge is 0.466 e.